The van der Waals surface area contributed by atoms with Crippen molar-refractivity contribution in [3.63, 3.8) is 0 Å². The van der Waals surface area contributed by atoms with Crippen molar-refractivity contribution >= 4 is 0 Å². The topological polar surface area (TPSA) is 9.23 Å². The molecule has 6 heteroatoms. The summed E-state index contributed by atoms with van der Waals surface area (Å²) in [7, 11) is 0. The Morgan fingerprint density at radius 1 is 0.862 bits per heavy atom. The number of halogens is 5. The summed E-state index contributed by atoms with van der Waals surface area (Å²) >= 11 is 0. The first kappa shape index (κ1) is 22.1. The van der Waals surface area contributed by atoms with Crippen LogP contribution in [0.15, 0.2) is 36.4 Å². The second-order valence-electron chi connectivity index (χ2n) is 8.46. The molecule has 0 radical (unpaired) electrons. The molecule has 2 saturated carbocycles. The molecule has 0 aliphatic heterocycles. The maximum atomic E-state index is 12.3. The molecule has 1 nitrogen and oxygen atoms in total. The molecule has 0 heterocycles. The highest BCUT2D eigenvalue weighted by Gasteiger charge is 2.32. The van der Waals surface area contributed by atoms with Gasteiger partial charge in [0.1, 0.15) is 5.75 Å². The minimum absolute atomic E-state index is 0.146. The highest BCUT2D eigenvalue weighted by atomic mass is 19.4. The molecular formula is C23H29F5O. The standard InChI is InChI=1S/C23H29F5O/c24-22(25)3-1-2-16-4-6-17(7-5-16)18-8-10-19(11-9-18)20-12-14-21(15-13-20)29-23(26,27)28/h1-2,12-19,22H,3-11H2/b2-1+/t16-,17-,18?,19?. The van der Waals surface area contributed by atoms with Gasteiger partial charge in [-0.2, -0.15) is 0 Å². The lowest BCUT2D eigenvalue weighted by molar-refractivity contribution is -0.274. The van der Waals surface area contributed by atoms with Crippen LogP contribution < -0.4 is 4.74 Å². The molecule has 0 spiro atoms. The third-order valence-electron chi connectivity index (χ3n) is 6.56. The van der Waals surface area contributed by atoms with E-state index in [1.807, 2.05) is 6.08 Å². The Morgan fingerprint density at radius 3 is 1.93 bits per heavy atom. The zero-order valence-corrected chi connectivity index (χ0v) is 16.5. The second kappa shape index (κ2) is 9.94. The molecule has 2 fully saturated rings. The Morgan fingerprint density at radius 2 is 1.41 bits per heavy atom. The van der Waals surface area contributed by atoms with E-state index in [0.29, 0.717) is 17.8 Å². The van der Waals surface area contributed by atoms with Crippen LogP contribution in [0.5, 0.6) is 5.75 Å². The molecule has 0 saturated heterocycles. The summed E-state index contributed by atoms with van der Waals surface area (Å²) in [6.07, 6.45) is 5.51. The maximum Gasteiger partial charge on any atom is 0.573 e. The molecule has 0 aromatic heterocycles. The van der Waals surface area contributed by atoms with E-state index in [-0.39, 0.29) is 12.2 Å². The Hall–Kier alpha value is -1.59. The summed E-state index contributed by atoms with van der Waals surface area (Å²) < 4.78 is 65.2. The van der Waals surface area contributed by atoms with Crippen molar-refractivity contribution in [3.8, 4) is 5.75 Å². The van der Waals surface area contributed by atoms with E-state index in [0.717, 1.165) is 50.0 Å². The number of hydrogen-bond donors (Lipinski definition) is 0. The molecule has 0 bridgehead atoms. The first-order valence-corrected chi connectivity index (χ1v) is 10.6. The van der Waals surface area contributed by atoms with Crippen molar-refractivity contribution in [1.29, 1.82) is 0 Å². The minimum Gasteiger partial charge on any atom is -0.406 e. The summed E-state index contributed by atoms with van der Waals surface area (Å²) in [5, 5.41) is 0. The van der Waals surface area contributed by atoms with Crippen LogP contribution >= 0.6 is 0 Å². The Balaban J connectivity index is 1.42. The summed E-state index contributed by atoms with van der Waals surface area (Å²) in [5.74, 6) is 2.11. The molecule has 162 valence electrons. The fourth-order valence-corrected chi connectivity index (χ4v) is 5.05. The smallest absolute Gasteiger partial charge is 0.406 e. The quantitative estimate of drug-likeness (QED) is 0.339. The summed E-state index contributed by atoms with van der Waals surface area (Å²) in [4.78, 5) is 0. The van der Waals surface area contributed by atoms with Crippen LogP contribution in [-0.4, -0.2) is 12.8 Å². The van der Waals surface area contributed by atoms with Crippen molar-refractivity contribution in [1.82, 2.24) is 0 Å². The van der Waals surface area contributed by atoms with E-state index < -0.39 is 12.8 Å². The third-order valence-corrected chi connectivity index (χ3v) is 6.56. The molecule has 2 aliphatic carbocycles. The molecule has 29 heavy (non-hydrogen) atoms. The van der Waals surface area contributed by atoms with Crippen LogP contribution in [0.25, 0.3) is 0 Å². The Kier molecular flexibility index (Phi) is 7.58. The van der Waals surface area contributed by atoms with Crippen LogP contribution in [0.1, 0.15) is 69.3 Å². The predicted octanol–water partition coefficient (Wildman–Crippen LogP) is 7.88. The SMILES string of the molecule is FC(F)C/C=C/[C@H]1CC[C@H](C2CCC(c3ccc(OC(F)(F)F)cc3)CC2)CC1. The molecule has 3 rings (SSSR count). The van der Waals surface area contributed by atoms with Crippen LogP contribution in [0.2, 0.25) is 0 Å². The van der Waals surface area contributed by atoms with Gasteiger partial charge >= 0.3 is 6.36 Å². The van der Waals surface area contributed by atoms with Crippen molar-refractivity contribution in [3.05, 3.63) is 42.0 Å². The number of hydrogen-bond acceptors (Lipinski definition) is 1. The largest absolute Gasteiger partial charge is 0.573 e. The number of benzene rings is 1. The second-order valence-corrected chi connectivity index (χ2v) is 8.46. The van der Waals surface area contributed by atoms with E-state index in [4.69, 9.17) is 0 Å². The van der Waals surface area contributed by atoms with Crippen LogP contribution in [-0.2, 0) is 0 Å². The highest BCUT2D eigenvalue weighted by Crippen LogP contribution is 2.44. The highest BCUT2D eigenvalue weighted by molar-refractivity contribution is 5.29. The lowest BCUT2D eigenvalue weighted by atomic mass is 9.68. The average Bonchev–Trinajstić information content (AvgIpc) is 2.68. The van der Waals surface area contributed by atoms with E-state index in [1.54, 1.807) is 18.2 Å². The molecule has 0 amide bonds. The van der Waals surface area contributed by atoms with Gasteiger partial charge in [0.05, 0.1) is 0 Å². The van der Waals surface area contributed by atoms with Gasteiger partial charge in [0.2, 0.25) is 6.43 Å². The average molecular weight is 416 g/mol. The van der Waals surface area contributed by atoms with Gasteiger partial charge in [-0.05, 0) is 92.7 Å². The first-order chi connectivity index (χ1) is 13.8. The van der Waals surface area contributed by atoms with Gasteiger partial charge in [0.25, 0.3) is 0 Å². The van der Waals surface area contributed by atoms with Gasteiger partial charge in [-0.15, -0.1) is 13.2 Å². The zero-order valence-electron chi connectivity index (χ0n) is 16.5. The first-order valence-electron chi connectivity index (χ1n) is 10.6. The summed E-state index contributed by atoms with van der Waals surface area (Å²) in [6, 6.07) is 6.31. The van der Waals surface area contributed by atoms with Crippen molar-refractivity contribution in [2.75, 3.05) is 0 Å². The molecular weight excluding hydrogens is 387 g/mol. The Bertz CT molecular complexity index is 636. The lowest BCUT2D eigenvalue weighted by Gasteiger charge is -2.37. The molecule has 0 unspecified atom stereocenters. The molecule has 1 aromatic carbocycles. The van der Waals surface area contributed by atoms with Crippen LogP contribution in [0.4, 0.5) is 22.0 Å². The van der Waals surface area contributed by atoms with Gasteiger partial charge in [0, 0.05) is 6.42 Å². The minimum atomic E-state index is -4.66. The predicted molar refractivity (Wildman–Crippen MR) is 103 cm³/mol. The monoisotopic (exact) mass is 416 g/mol. The van der Waals surface area contributed by atoms with Gasteiger partial charge in [-0.1, -0.05) is 24.3 Å². The van der Waals surface area contributed by atoms with Gasteiger partial charge < -0.3 is 4.74 Å². The number of rotatable bonds is 6. The van der Waals surface area contributed by atoms with Crippen molar-refractivity contribution < 1.29 is 26.7 Å². The number of ether oxygens (including phenoxy) is 1. The molecule has 0 N–H and O–H groups in total. The van der Waals surface area contributed by atoms with Gasteiger partial charge in [0.15, 0.2) is 0 Å². The van der Waals surface area contributed by atoms with Gasteiger partial charge in [-0.25, -0.2) is 8.78 Å². The van der Waals surface area contributed by atoms with E-state index in [9.17, 15) is 22.0 Å². The fraction of sp³-hybridized carbons (Fsp3) is 0.652. The van der Waals surface area contributed by atoms with E-state index in [2.05, 4.69) is 4.74 Å². The molecule has 1 aromatic rings. The van der Waals surface area contributed by atoms with Crippen LogP contribution in [0, 0.1) is 17.8 Å². The van der Waals surface area contributed by atoms with E-state index in [1.165, 1.54) is 25.0 Å². The Labute approximate surface area is 169 Å². The zero-order chi connectivity index (χ0) is 20.9. The van der Waals surface area contributed by atoms with Crippen molar-refractivity contribution in [2.45, 2.75) is 76.5 Å². The van der Waals surface area contributed by atoms with Crippen LogP contribution in [0.3, 0.4) is 0 Å². The third kappa shape index (κ3) is 7.00. The fourth-order valence-electron chi connectivity index (χ4n) is 5.05. The maximum absolute atomic E-state index is 12.3. The lowest BCUT2D eigenvalue weighted by Crippen LogP contribution is -2.25. The molecule has 0 atom stereocenters. The van der Waals surface area contributed by atoms with Gasteiger partial charge in [-0.3, -0.25) is 0 Å². The van der Waals surface area contributed by atoms with E-state index >= 15 is 0 Å². The number of allylic oxidation sites excluding steroid dienone is 2. The number of alkyl halides is 5. The normalized spacial score (nSPS) is 28.8. The summed E-state index contributed by atoms with van der Waals surface area (Å²) in [6.45, 7) is 0. The summed E-state index contributed by atoms with van der Waals surface area (Å²) in [5.41, 5.74) is 1.09. The molecule has 2 aliphatic rings. The van der Waals surface area contributed by atoms with Crippen molar-refractivity contribution in [2.24, 2.45) is 17.8 Å².